The molecule has 0 bridgehead atoms. The summed E-state index contributed by atoms with van der Waals surface area (Å²) in [5.74, 6) is -0.589. The minimum absolute atomic E-state index is 0.00512. The van der Waals surface area contributed by atoms with Gasteiger partial charge in [-0.1, -0.05) is 0 Å². The summed E-state index contributed by atoms with van der Waals surface area (Å²) in [6.45, 7) is 2.71. The number of aliphatic hydroxyl groups excluding tert-OH is 1. The van der Waals surface area contributed by atoms with Crippen LogP contribution in [0.2, 0.25) is 0 Å². The molecule has 2 rings (SSSR count). The Kier molecular flexibility index (Phi) is 3.07. The van der Waals surface area contributed by atoms with Crippen molar-refractivity contribution < 1.29 is 14.7 Å². The Labute approximate surface area is 99.1 Å². The number of nitrogens with two attached hydrogens (primary N) is 1. The van der Waals surface area contributed by atoms with E-state index in [-0.39, 0.29) is 11.9 Å². The van der Waals surface area contributed by atoms with Crippen molar-refractivity contribution in [2.75, 3.05) is 13.1 Å². The smallest absolute Gasteiger partial charge is 0.242 e. The van der Waals surface area contributed by atoms with Crippen LogP contribution in [-0.4, -0.2) is 53.7 Å². The van der Waals surface area contributed by atoms with Crippen molar-refractivity contribution in [1.29, 1.82) is 0 Å². The molecule has 0 aliphatic carbocycles. The van der Waals surface area contributed by atoms with Gasteiger partial charge in [0.1, 0.15) is 11.6 Å². The predicted octanol–water partition coefficient (Wildman–Crippen LogP) is -2.96. The molecule has 2 saturated heterocycles. The van der Waals surface area contributed by atoms with Gasteiger partial charge in [0.2, 0.25) is 11.8 Å². The van der Waals surface area contributed by atoms with Crippen molar-refractivity contribution in [2.24, 2.45) is 5.73 Å². The molecule has 2 aliphatic rings. The molecular formula is C10H18N4O3. The summed E-state index contributed by atoms with van der Waals surface area (Å²) in [5.41, 5.74) is 4.71. The molecule has 4 atom stereocenters. The minimum Gasteiger partial charge on any atom is -0.391 e. The van der Waals surface area contributed by atoms with E-state index in [0.717, 1.165) is 0 Å². The molecular weight excluding hydrogens is 224 g/mol. The van der Waals surface area contributed by atoms with E-state index in [2.05, 4.69) is 16.0 Å². The maximum Gasteiger partial charge on any atom is 0.242 e. The molecule has 2 heterocycles. The number of hydrogen-bond donors (Lipinski definition) is 5. The van der Waals surface area contributed by atoms with Gasteiger partial charge >= 0.3 is 0 Å². The van der Waals surface area contributed by atoms with Crippen molar-refractivity contribution in [1.82, 2.24) is 16.0 Å². The first-order valence-electron chi connectivity index (χ1n) is 5.71. The first-order chi connectivity index (χ1) is 7.94. The SMILES string of the molecule is C[C@@H](O)[C@H](NC1CNC2(CNC2=O)C1)C(N)=O. The monoisotopic (exact) mass is 242 g/mol. The highest BCUT2D eigenvalue weighted by atomic mass is 16.3. The van der Waals surface area contributed by atoms with Crippen LogP contribution in [0, 0.1) is 0 Å². The van der Waals surface area contributed by atoms with E-state index >= 15 is 0 Å². The Bertz CT molecular complexity index is 346. The van der Waals surface area contributed by atoms with Crippen LogP contribution in [0.25, 0.3) is 0 Å². The molecule has 2 aliphatic heterocycles. The van der Waals surface area contributed by atoms with Crippen molar-refractivity contribution in [2.45, 2.75) is 37.1 Å². The summed E-state index contributed by atoms with van der Waals surface area (Å²) in [6, 6.07) is -0.812. The highest BCUT2D eigenvalue weighted by molar-refractivity contribution is 5.93. The molecule has 0 radical (unpaired) electrons. The average molecular weight is 242 g/mol. The Morgan fingerprint density at radius 2 is 2.41 bits per heavy atom. The zero-order chi connectivity index (χ0) is 12.6. The fourth-order valence-electron chi connectivity index (χ4n) is 2.40. The molecule has 1 spiro atoms. The molecule has 96 valence electrons. The van der Waals surface area contributed by atoms with E-state index in [1.165, 1.54) is 6.92 Å². The average Bonchev–Trinajstić information content (AvgIpc) is 2.69. The van der Waals surface area contributed by atoms with Crippen molar-refractivity contribution in [3.05, 3.63) is 0 Å². The molecule has 0 aromatic rings. The van der Waals surface area contributed by atoms with E-state index in [4.69, 9.17) is 5.73 Å². The highest BCUT2D eigenvalue weighted by Crippen LogP contribution is 2.25. The summed E-state index contributed by atoms with van der Waals surface area (Å²) in [4.78, 5) is 22.5. The Hall–Kier alpha value is -1.18. The van der Waals surface area contributed by atoms with Gasteiger partial charge in [0.15, 0.2) is 0 Å². The molecule has 17 heavy (non-hydrogen) atoms. The lowest BCUT2D eigenvalue weighted by Crippen LogP contribution is -2.69. The van der Waals surface area contributed by atoms with Crippen LogP contribution in [0.3, 0.4) is 0 Å². The maximum absolute atomic E-state index is 11.4. The number of hydrogen-bond acceptors (Lipinski definition) is 5. The van der Waals surface area contributed by atoms with Crippen LogP contribution < -0.4 is 21.7 Å². The molecule has 2 amide bonds. The molecule has 0 aromatic carbocycles. The van der Waals surface area contributed by atoms with Gasteiger partial charge in [0.25, 0.3) is 0 Å². The number of carbonyl (C=O) groups excluding carboxylic acids is 2. The van der Waals surface area contributed by atoms with Gasteiger partial charge in [-0.3, -0.25) is 14.9 Å². The van der Waals surface area contributed by atoms with Crippen LogP contribution in [0.1, 0.15) is 13.3 Å². The van der Waals surface area contributed by atoms with E-state index in [9.17, 15) is 14.7 Å². The maximum atomic E-state index is 11.4. The van der Waals surface area contributed by atoms with E-state index in [0.29, 0.717) is 19.5 Å². The lowest BCUT2D eigenvalue weighted by atomic mass is 9.88. The molecule has 0 aromatic heterocycles. The molecule has 2 fully saturated rings. The first-order valence-corrected chi connectivity index (χ1v) is 5.71. The summed E-state index contributed by atoms with van der Waals surface area (Å²) >= 11 is 0. The van der Waals surface area contributed by atoms with Gasteiger partial charge < -0.3 is 21.5 Å². The normalized spacial score (nSPS) is 35.2. The van der Waals surface area contributed by atoms with Crippen LogP contribution in [0.5, 0.6) is 0 Å². The lowest BCUT2D eigenvalue weighted by Gasteiger charge is -2.37. The number of aliphatic hydroxyl groups is 1. The Balaban J connectivity index is 1.93. The van der Waals surface area contributed by atoms with Gasteiger partial charge in [0, 0.05) is 19.1 Å². The number of nitrogens with one attached hydrogen (secondary N) is 3. The summed E-state index contributed by atoms with van der Waals surface area (Å²) in [6.07, 6.45) is -0.241. The van der Waals surface area contributed by atoms with Gasteiger partial charge in [-0.25, -0.2) is 0 Å². The number of rotatable bonds is 4. The number of carbonyl (C=O) groups is 2. The predicted molar refractivity (Wildman–Crippen MR) is 59.9 cm³/mol. The van der Waals surface area contributed by atoms with Crippen molar-refractivity contribution in [3.8, 4) is 0 Å². The molecule has 0 saturated carbocycles. The second kappa shape index (κ2) is 4.25. The van der Waals surface area contributed by atoms with Gasteiger partial charge in [-0.05, 0) is 13.3 Å². The van der Waals surface area contributed by atoms with Gasteiger partial charge in [-0.2, -0.15) is 0 Å². The molecule has 6 N–H and O–H groups in total. The first kappa shape index (κ1) is 12.3. The fourth-order valence-corrected chi connectivity index (χ4v) is 2.40. The van der Waals surface area contributed by atoms with E-state index in [1.807, 2.05) is 0 Å². The quantitative estimate of drug-likeness (QED) is 0.338. The van der Waals surface area contributed by atoms with Gasteiger partial charge in [0.05, 0.1) is 6.10 Å². The zero-order valence-electron chi connectivity index (χ0n) is 9.69. The topological polar surface area (TPSA) is 116 Å². The standard InChI is InChI=1S/C10H18N4O3/c1-5(15)7(8(11)16)14-6-2-10(13-3-6)4-12-9(10)17/h5-7,13-15H,2-4H2,1H3,(H2,11,16)(H,12,17)/t5-,6?,7+,10?/m1/s1. The third-order valence-electron chi connectivity index (χ3n) is 3.47. The number of β-lactam (4-membered cyclic amide) rings is 1. The fraction of sp³-hybridized carbons (Fsp3) is 0.800. The van der Waals surface area contributed by atoms with Gasteiger partial charge in [-0.15, -0.1) is 0 Å². The third kappa shape index (κ3) is 2.13. The zero-order valence-corrected chi connectivity index (χ0v) is 9.69. The Morgan fingerprint density at radius 3 is 2.76 bits per heavy atom. The van der Waals surface area contributed by atoms with Crippen LogP contribution in [0.15, 0.2) is 0 Å². The number of primary amides is 1. The summed E-state index contributed by atoms with van der Waals surface area (Å²) in [7, 11) is 0. The molecule has 7 nitrogen and oxygen atoms in total. The number of amides is 2. The third-order valence-corrected chi connectivity index (χ3v) is 3.47. The van der Waals surface area contributed by atoms with E-state index in [1.54, 1.807) is 0 Å². The van der Waals surface area contributed by atoms with Crippen LogP contribution in [0.4, 0.5) is 0 Å². The largest absolute Gasteiger partial charge is 0.391 e. The molecule has 7 heteroatoms. The second-order valence-corrected chi connectivity index (χ2v) is 4.83. The van der Waals surface area contributed by atoms with Crippen LogP contribution >= 0.6 is 0 Å². The lowest BCUT2D eigenvalue weighted by molar-refractivity contribution is -0.134. The van der Waals surface area contributed by atoms with Crippen molar-refractivity contribution in [3.63, 3.8) is 0 Å². The second-order valence-electron chi connectivity index (χ2n) is 4.83. The Morgan fingerprint density at radius 1 is 1.71 bits per heavy atom. The molecule has 2 unspecified atom stereocenters. The summed E-state index contributed by atoms with van der Waals surface area (Å²) in [5, 5.41) is 18.3. The van der Waals surface area contributed by atoms with Crippen molar-refractivity contribution >= 4 is 11.8 Å². The minimum atomic E-state index is -0.848. The van der Waals surface area contributed by atoms with E-state index < -0.39 is 23.6 Å². The van der Waals surface area contributed by atoms with Crippen LogP contribution in [-0.2, 0) is 9.59 Å². The highest BCUT2D eigenvalue weighted by Gasteiger charge is 2.51. The summed E-state index contributed by atoms with van der Waals surface area (Å²) < 4.78 is 0.